The molecule has 0 bridgehead atoms. The highest BCUT2D eigenvalue weighted by atomic mass is 16.5. The van der Waals surface area contributed by atoms with Crippen LogP contribution in [0.5, 0.6) is 5.75 Å². The Morgan fingerprint density at radius 1 is 1.41 bits per heavy atom. The van der Waals surface area contributed by atoms with Crippen LogP contribution in [0.4, 0.5) is 0 Å². The Hall–Kier alpha value is -1.32. The van der Waals surface area contributed by atoms with Gasteiger partial charge in [-0.25, -0.2) is 0 Å². The number of rotatable bonds is 7. The molecule has 1 aromatic rings. The molecule has 1 rings (SSSR count). The van der Waals surface area contributed by atoms with Crippen LogP contribution in [-0.4, -0.2) is 22.7 Å². The molecule has 0 N–H and O–H groups in total. The number of aryl methyl sites for hydroxylation is 1. The summed E-state index contributed by atoms with van der Waals surface area (Å²) < 4.78 is 6.80. The Kier molecular flexibility index (Phi) is 5.19. The fraction of sp³-hybridized carbons (Fsp3) is 0.692. The molecule has 0 aromatic carbocycles. The fourth-order valence-corrected chi connectivity index (χ4v) is 2.14. The summed E-state index contributed by atoms with van der Waals surface area (Å²) in [6.45, 7) is 4.22. The molecule has 0 saturated carbocycles. The van der Waals surface area contributed by atoms with E-state index in [1.807, 2.05) is 0 Å². The molecule has 0 aliphatic carbocycles. The normalized spacial score (nSPS) is 10.9. The Balaban J connectivity index is 2.95. The topological polar surface area (TPSA) is 44.1 Å². The van der Waals surface area contributed by atoms with E-state index >= 15 is 0 Å². The van der Waals surface area contributed by atoms with Gasteiger partial charge in [0.15, 0.2) is 11.5 Å². The highest BCUT2D eigenvalue weighted by molar-refractivity contribution is 5.98. The quantitative estimate of drug-likeness (QED) is 0.686. The van der Waals surface area contributed by atoms with Crippen LogP contribution < -0.4 is 4.74 Å². The Morgan fingerprint density at radius 3 is 2.47 bits per heavy atom. The number of aromatic nitrogens is 2. The van der Waals surface area contributed by atoms with Gasteiger partial charge in [-0.15, -0.1) is 0 Å². The van der Waals surface area contributed by atoms with E-state index in [9.17, 15) is 4.79 Å². The highest BCUT2D eigenvalue weighted by Gasteiger charge is 2.24. The van der Waals surface area contributed by atoms with Gasteiger partial charge in [0, 0.05) is 13.0 Å². The van der Waals surface area contributed by atoms with E-state index in [1.54, 1.807) is 25.0 Å². The number of carbonyl (C=O) groups excluding carboxylic acids is 1. The first-order valence-corrected chi connectivity index (χ1v) is 6.25. The number of nitrogens with zero attached hydrogens (tertiary/aromatic N) is 2. The van der Waals surface area contributed by atoms with Crippen LogP contribution >= 0.6 is 0 Å². The van der Waals surface area contributed by atoms with Gasteiger partial charge in [0.2, 0.25) is 0 Å². The predicted octanol–water partition coefficient (Wildman–Crippen LogP) is 2.83. The molecule has 1 heterocycles. The molecule has 0 aliphatic rings. The molecular formula is C13H22N2O2. The molecule has 0 fully saturated rings. The first-order valence-electron chi connectivity index (χ1n) is 6.25. The third-order valence-electron chi connectivity index (χ3n) is 3.00. The van der Waals surface area contributed by atoms with Crippen molar-refractivity contribution in [3.8, 4) is 5.75 Å². The van der Waals surface area contributed by atoms with Gasteiger partial charge in [-0.1, -0.05) is 26.7 Å². The van der Waals surface area contributed by atoms with Gasteiger partial charge >= 0.3 is 0 Å². The number of carbonyl (C=O) groups is 1. The summed E-state index contributed by atoms with van der Waals surface area (Å²) in [5.74, 6) is 0.828. The van der Waals surface area contributed by atoms with E-state index in [2.05, 4.69) is 18.9 Å². The van der Waals surface area contributed by atoms with Crippen LogP contribution in [-0.2, 0) is 7.05 Å². The average molecular weight is 238 g/mol. The van der Waals surface area contributed by atoms with Crippen LogP contribution in [0.1, 0.15) is 50.0 Å². The number of hydrogen-bond acceptors (Lipinski definition) is 3. The maximum Gasteiger partial charge on any atom is 0.187 e. The Bertz CT molecular complexity index is 365. The monoisotopic (exact) mass is 238 g/mol. The van der Waals surface area contributed by atoms with Crippen molar-refractivity contribution in [3.05, 3.63) is 11.9 Å². The second-order valence-electron chi connectivity index (χ2n) is 4.32. The molecule has 4 heteroatoms. The maximum atomic E-state index is 12.4. The van der Waals surface area contributed by atoms with Crippen molar-refractivity contribution >= 4 is 5.78 Å². The molecule has 96 valence electrons. The fourth-order valence-electron chi connectivity index (χ4n) is 2.14. The molecule has 17 heavy (non-hydrogen) atoms. The summed E-state index contributed by atoms with van der Waals surface area (Å²) in [6.07, 6.45) is 5.51. The van der Waals surface area contributed by atoms with Gasteiger partial charge in [-0.3, -0.25) is 9.48 Å². The van der Waals surface area contributed by atoms with Crippen LogP contribution in [0.2, 0.25) is 0 Å². The number of Topliss-reactive ketones (excluding diaryl/α,β-unsaturated/α-hetero) is 1. The number of hydrogen-bond donors (Lipinski definition) is 0. The summed E-state index contributed by atoms with van der Waals surface area (Å²) in [5, 5.41) is 4.08. The van der Waals surface area contributed by atoms with Gasteiger partial charge in [-0.2, -0.15) is 5.10 Å². The van der Waals surface area contributed by atoms with Crippen LogP contribution in [0.15, 0.2) is 6.20 Å². The first-order chi connectivity index (χ1) is 8.15. The van der Waals surface area contributed by atoms with Gasteiger partial charge in [0.05, 0.1) is 13.3 Å². The lowest BCUT2D eigenvalue weighted by Gasteiger charge is -2.14. The summed E-state index contributed by atoms with van der Waals surface area (Å²) >= 11 is 0. The summed E-state index contributed by atoms with van der Waals surface area (Å²) in [5.41, 5.74) is 0.597. The van der Waals surface area contributed by atoms with E-state index in [-0.39, 0.29) is 11.7 Å². The highest BCUT2D eigenvalue weighted by Crippen LogP contribution is 2.25. The van der Waals surface area contributed by atoms with Crippen molar-refractivity contribution in [3.63, 3.8) is 0 Å². The largest absolute Gasteiger partial charge is 0.493 e. The van der Waals surface area contributed by atoms with E-state index in [4.69, 9.17) is 4.74 Å². The second kappa shape index (κ2) is 6.42. The molecule has 0 aliphatic heterocycles. The van der Waals surface area contributed by atoms with Gasteiger partial charge in [-0.05, 0) is 12.8 Å². The Labute approximate surface area is 103 Å². The third-order valence-corrected chi connectivity index (χ3v) is 3.00. The van der Waals surface area contributed by atoms with E-state index in [1.165, 1.54) is 0 Å². The lowest BCUT2D eigenvalue weighted by Crippen LogP contribution is -2.18. The molecule has 0 saturated heterocycles. The predicted molar refractivity (Wildman–Crippen MR) is 67.4 cm³/mol. The lowest BCUT2D eigenvalue weighted by atomic mass is 9.92. The zero-order valence-electron chi connectivity index (χ0n) is 11.2. The maximum absolute atomic E-state index is 12.4. The van der Waals surface area contributed by atoms with Crippen molar-refractivity contribution in [1.29, 1.82) is 0 Å². The standard InChI is InChI=1S/C13H22N2O2/c1-5-7-10(8-6-2)13(16)12-11(17-4)9-14-15(12)3/h9-10H,5-8H2,1-4H3. The van der Waals surface area contributed by atoms with Gasteiger partial charge < -0.3 is 4.74 Å². The summed E-state index contributed by atoms with van der Waals surface area (Å²) in [6, 6.07) is 0. The van der Waals surface area contributed by atoms with E-state index < -0.39 is 0 Å². The van der Waals surface area contributed by atoms with Crippen molar-refractivity contribution in [2.45, 2.75) is 39.5 Å². The van der Waals surface area contributed by atoms with Crippen molar-refractivity contribution in [2.24, 2.45) is 13.0 Å². The summed E-state index contributed by atoms with van der Waals surface area (Å²) in [7, 11) is 3.35. The van der Waals surface area contributed by atoms with Crippen LogP contribution in [0.3, 0.4) is 0 Å². The molecule has 0 amide bonds. The molecular weight excluding hydrogens is 216 g/mol. The minimum atomic E-state index is 0.0919. The van der Waals surface area contributed by atoms with Gasteiger partial charge in [0.25, 0.3) is 0 Å². The molecule has 4 nitrogen and oxygen atoms in total. The molecule has 0 atom stereocenters. The average Bonchev–Trinajstić information content (AvgIpc) is 2.69. The molecule has 1 aromatic heterocycles. The van der Waals surface area contributed by atoms with Crippen molar-refractivity contribution in [1.82, 2.24) is 9.78 Å². The molecule has 0 spiro atoms. The summed E-state index contributed by atoms with van der Waals surface area (Å²) in [4.78, 5) is 12.4. The van der Waals surface area contributed by atoms with Crippen LogP contribution in [0.25, 0.3) is 0 Å². The van der Waals surface area contributed by atoms with E-state index in [0.29, 0.717) is 11.4 Å². The second-order valence-corrected chi connectivity index (χ2v) is 4.32. The van der Waals surface area contributed by atoms with Gasteiger partial charge in [0.1, 0.15) is 5.69 Å². The van der Waals surface area contributed by atoms with Crippen LogP contribution in [0, 0.1) is 5.92 Å². The minimum Gasteiger partial charge on any atom is -0.493 e. The molecule has 0 unspecified atom stereocenters. The number of ketones is 1. The minimum absolute atomic E-state index is 0.0919. The number of ether oxygens (including phenoxy) is 1. The smallest absolute Gasteiger partial charge is 0.187 e. The third kappa shape index (κ3) is 3.08. The lowest BCUT2D eigenvalue weighted by molar-refractivity contribution is 0.0892. The first kappa shape index (κ1) is 13.7. The number of methoxy groups -OCH3 is 1. The zero-order chi connectivity index (χ0) is 12.8. The SMILES string of the molecule is CCCC(CCC)C(=O)c1c(OC)cnn1C. The van der Waals surface area contributed by atoms with E-state index in [0.717, 1.165) is 25.7 Å². The van der Waals surface area contributed by atoms with Crippen molar-refractivity contribution in [2.75, 3.05) is 7.11 Å². The van der Waals surface area contributed by atoms with Crippen molar-refractivity contribution < 1.29 is 9.53 Å². The zero-order valence-corrected chi connectivity index (χ0v) is 11.2. The molecule has 0 radical (unpaired) electrons. The Morgan fingerprint density at radius 2 is 2.00 bits per heavy atom.